The Morgan fingerprint density at radius 1 is 1.47 bits per heavy atom. The Morgan fingerprint density at radius 3 is 2.71 bits per heavy atom. The molecule has 0 aromatic carbocycles. The monoisotopic (exact) mass is 276 g/mol. The third kappa shape index (κ3) is 2.95. The van der Waals surface area contributed by atoms with Crippen molar-refractivity contribution in [1.82, 2.24) is 4.98 Å². The van der Waals surface area contributed by atoms with Crippen molar-refractivity contribution < 1.29 is 18.3 Å². The first-order valence-electron chi connectivity index (χ1n) is 5.12. The van der Waals surface area contributed by atoms with Gasteiger partial charge in [-0.3, -0.25) is 0 Å². The topological polar surface area (TPSA) is 96.4 Å². The Hall–Kier alpha value is -1.15. The van der Waals surface area contributed by atoms with Crippen LogP contribution < -0.4 is 5.32 Å². The standard InChI is InChI=1S/C9H12N2O4S2/c12-9(13)7-8(16-5-10-7)11-6-1-3-17(14,15)4-2-6/h5-6,11H,1-4H2,(H,12,13). The normalized spacial score (nSPS) is 20.0. The fourth-order valence-electron chi connectivity index (χ4n) is 1.72. The number of anilines is 1. The quantitative estimate of drug-likeness (QED) is 0.849. The van der Waals surface area contributed by atoms with Crippen molar-refractivity contribution in [2.24, 2.45) is 0 Å². The molecular weight excluding hydrogens is 264 g/mol. The Morgan fingerprint density at radius 2 is 2.12 bits per heavy atom. The number of nitrogens with zero attached hydrogens (tertiary/aromatic N) is 1. The van der Waals surface area contributed by atoms with Crippen molar-refractivity contribution in [2.75, 3.05) is 16.8 Å². The summed E-state index contributed by atoms with van der Waals surface area (Å²) in [5.74, 6) is -0.755. The zero-order valence-corrected chi connectivity index (χ0v) is 10.6. The number of sulfone groups is 1. The summed E-state index contributed by atoms with van der Waals surface area (Å²) < 4.78 is 22.5. The summed E-state index contributed by atoms with van der Waals surface area (Å²) in [6.45, 7) is 0. The predicted molar refractivity (Wildman–Crippen MR) is 64.4 cm³/mol. The third-order valence-corrected chi connectivity index (χ3v) is 5.13. The van der Waals surface area contributed by atoms with Crippen molar-refractivity contribution in [3.05, 3.63) is 11.2 Å². The number of hydrogen-bond donors (Lipinski definition) is 2. The fraction of sp³-hybridized carbons (Fsp3) is 0.556. The van der Waals surface area contributed by atoms with Crippen molar-refractivity contribution in [3.8, 4) is 0 Å². The second kappa shape index (κ2) is 4.61. The van der Waals surface area contributed by atoms with E-state index in [-0.39, 0.29) is 23.2 Å². The molecule has 0 radical (unpaired) electrons. The Bertz CT molecular complexity index is 509. The molecule has 1 fully saturated rings. The molecule has 17 heavy (non-hydrogen) atoms. The van der Waals surface area contributed by atoms with Gasteiger partial charge in [-0.05, 0) is 12.8 Å². The molecule has 0 amide bonds. The van der Waals surface area contributed by atoms with Crippen LogP contribution in [-0.2, 0) is 9.84 Å². The Kier molecular flexibility index (Phi) is 3.34. The van der Waals surface area contributed by atoms with Gasteiger partial charge in [0.1, 0.15) is 14.8 Å². The lowest BCUT2D eigenvalue weighted by Crippen LogP contribution is -2.32. The van der Waals surface area contributed by atoms with Crippen LogP contribution in [0.4, 0.5) is 5.00 Å². The maximum absolute atomic E-state index is 11.2. The van der Waals surface area contributed by atoms with Crippen LogP contribution in [0.5, 0.6) is 0 Å². The zero-order valence-electron chi connectivity index (χ0n) is 8.92. The molecule has 94 valence electrons. The molecule has 1 saturated heterocycles. The van der Waals surface area contributed by atoms with Crippen LogP contribution in [0.15, 0.2) is 5.51 Å². The SMILES string of the molecule is O=C(O)c1ncsc1NC1CCS(=O)(=O)CC1. The maximum Gasteiger partial charge on any atom is 0.357 e. The van der Waals surface area contributed by atoms with Crippen LogP contribution in [0.25, 0.3) is 0 Å². The lowest BCUT2D eigenvalue weighted by Gasteiger charge is -2.23. The van der Waals surface area contributed by atoms with Crippen LogP contribution in [0.2, 0.25) is 0 Å². The Labute approximate surface area is 103 Å². The third-order valence-electron chi connectivity index (χ3n) is 2.66. The minimum Gasteiger partial charge on any atom is -0.476 e. The minimum atomic E-state index is -2.89. The number of thiazole rings is 1. The number of carboxylic acid groups (broad SMARTS) is 1. The molecule has 0 aliphatic carbocycles. The van der Waals surface area contributed by atoms with E-state index in [4.69, 9.17) is 5.11 Å². The largest absolute Gasteiger partial charge is 0.476 e. The molecule has 2 heterocycles. The lowest BCUT2D eigenvalue weighted by atomic mass is 10.1. The highest BCUT2D eigenvalue weighted by molar-refractivity contribution is 7.91. The first-order valence-corrected chi connectivity index (χ1v) is 7.82. The average Bonchev–Trinajstić information content (AvgIpc) is 2.69. The summed E-state index contributed by atoms with van der Waals surface area (Å²) in [7, 11) is -2.89. The highest BCUT2D eigenvalue weighted by atomic mass is 32.2. The van der Waals surface area contributed by atoms with E-state index in [0.717, 1.165) is 0 Å². The van der Waals surface area contributed by atoms with E-state index < -0.39 is 15.8 Å². The second-order valence-corrected chi connectivity index (χ2v) is 7.06. The molecule has 2 rings (SSSR count). The van der Waals surface area contributed by atoms with Gasteiger partial charge >= 0.3 is 5.97 Å². The number of carbonyl (C=O) groups is 1. The van der Waals surface area contributed by atoms with Gasteiger partial charge in [0.05, 0.1) is 17.0 Å². The number of carboxylic acids is 1. The van der Waals surface area contributed by atoms with E-state index in [9.17, 15) is 13.2 Å². The summed E-state index contributed by atoms with van der Waals surface area (Å²) >= 11 is 1.22. The Balaban J connectivity index is 2.02. The highest BCUT2D eigenvalue weighted by Crippen LogP contribution is 2.24. The molecule has 0 saturated carbocycles. The number of nitrogens with one attached hydrogen (secondary N) is 1. The summed E-state index contributed by atoms with van der Waals surface area (Å²) in [5.41, 5.74) is 1.47. The van der Waals surface area contributed by atoms with Gasteiger partial charge in [0.15, 0.2) is 5.69 Å². The summed E-state index contributed by atoms with van der Waals surface area (Å²) in [6.07, 6.45) is 1.03. The van der Waals surface area contributed by atoms with Crippen molar-refractivity contribution in [2.45, 2.75) is 18.9 Å². The van der Waals surface area contributed by atoms with Crippen molar-refractivity contribution in [3.63, 3.8) is 0 Å². The van der Waals surface area contributed by atoms with Crippen LogP contribution in [0, 0.1) is 0 Å². The molecule has 1 aliphatic heterocycles. The molecule has 0 unspecified atom stereocenters. The number of aromatic nitrogens is 1. The van der Waals surface area contributed by atoms with Crippen LogP contribution >= 0.6 is 11.3 Å². The van der Waals surface area contributed by atoms with Crippen LogP contribution in [0.1, 0.15) is 23.3 Å². The summed E-state index contributed by atoms with van der Waals surface area (Å²) in [6, 6.07) is 0.0112. The van der Waals surface area contributed by atoms with Gasteiger partial charge in [0, 0.05) is 6.04 Å². The van der Waals surface area contributed by atoms with E-state index in [2.05, 4.69) is 10.3 Å². The molecule has 6 nitrogen and oxygen atoms in total. The van der Waals surface area contributed by atoms with Crippen LogP contribution in [0.3, 0.4) is 0 Å². The van der Waals surface area contributed by atoms with Gasteiger partial charge in [0.2, 0.25) is 0 Å². The van der Waals surface area contributed by atoms with E-state index >= 15 is 0 Å². The molecule has 0 bridgehead atoms. The van der Waals surface area contributed by atoms with Gasteiger partial charge in [-0.2, -0.15) is 0 Å². The molecule has 0 spiro atoms. The molecule has 2 N–H and O–H groups in total. The minimum absolute atomic E-state index is 0.00318. The first-order chi connectivity index (χ1) is 7.98. The molecule has 1 aliphatic rings. The molecular formula is C9H12N2O4S2. The smallest absolute Gasteiger partial charge is 0.357 e. The average molecular weight is 276 g/mol. The molecule has 0 atom stereocenters. The van der Waals surface area contributed by atoms with Gasteiger partial charge in [-0.1, -0.05) is 0 Å². The first kappa shape index (κ1) is 12.3. The number of hydrogen-bond acceptors (Lipinski definition) is 6. The van der Waals surface area contributed by atoms with Gasteiger partial charge in [-0.25, -0.2) is 18.2 Å². The second-order valence-electron chi connectivity index (χ2n) is 3.91. The number of rotatable bonds is 3. The van der Waals surface area contributed by atoms with E-state index in [0.29, 0.717) is 17.8 Å². The number of aromatic carboxylic acids is 1. The predicted octanol–water partition coefficient (Wildman–Crippen LogP) is 0.830. The van der Waals surface area contributed by atoms with Gasteiger partial charge in [-0.15, -0.1) is 11.3 Å². The molecule has 1 aromatic heterocycles. The molecule has 1 aromatic rings. The highest BCUT2D eigenvalue weighted by Gasteiger charge is 2.25. The van der Waals surface area contributed by atoms with E-state index in [1.165, 1.54) is 16.8 Å². The summed E-state index contributed by atoms with van der Waals surface area (Å²) in [4.78, 5) is 14.6. The maximum atomic E-state index is 11.2. The van der Waals surface area contributed by atoms with Crippen molar-refractivity contribution >= 4 is 32.1 Å². The van der Waals surface area contributed by atoms with Gasteiger partial charge in [0.25, 0.3) is 0 Å². The fourth-order valence-corrected chi connectivity index (χ4v) is 3.96. The van der Waals surface area contributed by atoms with Crippen LogP contribution in [-0.4, -0.2) is 42.0 Å². The molecule has 8 heteroatoms. The lowest BCUT2D eigenvalue weighted by molar-refractivity contribution is 0.0692. The van der Waals surface area contributed by atoms with Gasteiger partial charge < -0.3 is 10.4 Å². The zero-order chi connectivity index (χ0) is 12.5. The van der Waals surface area contributed by atoms with E-state index in [1.807, 2.05) is 0 Å². The van der Waals surface area contributed by atoms with Crippen molar-refractivity contribution in [1.29, 1.82) is 0 Å². The summed E-state index contributed by atoms with van der Waals surface area (Å²) in [5, 5.41) is 12.4. The van der Waals surface area contributed by atoms with E-state index in [1.54, 1.807) is 0 Å².